The van der Waals surface area contributed by atoms with E-state index in [2.05, 4.69) is 31.0 Å². The van der Waals surface area contributed by atoms with Crippen LogP contribution in [0.1, 0.15) is 117 Å². The summed E-state index contributed by atoms with van der Waals surface area (Å²) in [5.74, 6) is 0.262. The molecule has 1 amide bonds. The van der Waals surface area contributed by atoms with Crippen LogP contribution < -0.4 is 5.32 Å². The van der Waals surface area contributed by atoms with Gasteiger partial charge in [0.15, 0.2) is 0 Å². The second-order valence-electron chi connectivity index (χ2n) is 9.39. The summed E-state index contributed by atoms with van der Waals surface area (Å²) >= 11 is 0. The van der Waals surface area contributed by atoms with Crippen LogP contribution in [0.15, 0.2) is 0 Å². The second-order valence-corrected chi connectivity index (χ2v) is 9.39. The fourth-order valence-electron chi connectivity index (χ4n) is 5.09. The summed E-state index contributed by atoms with van der Waals surface area (Å²) in [6.45, 7) is 8.01. The van der Waals surface area contributed by atoms with Crippen LogP contribution in [0.3, 0.4) is 0 Å². The van der Waals surface area contributed by atoms with E-state index in [1.54, 1.807) is 0 Å². The Morgan fingerprint density at radius 2 is 1.50 bits per heavy atom. The molecule has 0 aromatic carbocycles. The van der Waals surface area contributed by atoms with E-state index in [9.17, 15) is 4.79 Å². The molecule has 0 bridgehead atoms. The van der Waals surface area contributed by atoms with Crippen LogP contribution in [-0.2, 0) is 4.79 Å². The molecule has 0 spiro atoms. The zero-order chi connectivity index (χ0) is 18.8. The average molecular weight is 365 g/mol. The molecule has 2 aliphatic rings. The number of amides is 1. The van der Waals surface area contributed by atoms with Gasteiger partial charge in [0.2, 0.25) is 5.91 Å². The van der Waals surface area contributed by atoms with Gasteiger partial charge in [0.25, 0.3) is 0 Å². The summed E-state index contributed by atoms with van der Waals surface area (Å²) in [5.41, 5.74) is 0.000117. The molecule has 0 unspecified atom stereocenters. The molecule has 1 saturated carbocycles. The van der Waals surface area contributed by atoms with E-state index in [1.165, 1.54) is 96.4 Å². The number of hydrogen-bond donors (Lipinski definition) is 1. The molecule has 2 atom stereocenters. The highest BCUT2D eigenvalue weighted by atomic mass is 16.1. The first-order chi connectivity index (χ1) is 12.5. The Morgan fingerprint density at radius 1 is 0.923 bits per heavy atom. The number of hydrogen-bond acceptors (Lipinski definition) is 2. The van der Waals surface area contributed by atoms with Gasteiger partial charge in [-0.2, -0.15) is 0 Å². The summed E-state index contributed by atoms with van der Waals surface area (Å²) in [4.78, 5) is 15.0. The molecule has 1 aliphatic carbocycles. The molecule has 1 N–H and O–H groups in total. The second kappa shape index (κ2) is 11.3. The van der Waals surface area contributed by atoms with Gasteiger partial charge in [0.1, 0.15) is 0 Å². The Balaban J connectivity index is 1.69. The molecule has 1 aliphatic heterocycles. The lowest BCUT2D eigenvalue weighted by molar-refractivity contribution is -0.122. The number of unbranched alkanes of at least 4 members (excludes halogenated alkanes) is 9. The Labute approximate surface area is 162 Å². The predicted molar refractivity (Wildman–Crippen MR) is 111 cm³/mol. The molecule has 0 aromatic rings. The molecule has 1 saturated heterocycles. The first-order valence-corrected chi connectivity index (χ1v) is 11.6. The minimum Gasteiger partial charge on any atom is -0.352 e. The van der Waals surface area contributed by atoms with E-state index in [-0.39, 0.29) is 11.4 Å². The number of carbonyl (C=O) groups is 1. The van der Waals surface area contributed by atoms with Crippen molar-refractivity contribution in [2.24, 2.45) is 0 Å². The Bertz CT molecular complexity index is 407. The monoisotopic (exact) mass is 364 g/mol. The first kappa shape index (κ1) is 21.7. The van der Waals surface area contributed by atoms with E-state index in [0.29, 0.717) is 18.5 Å². The van der Waals surface area contributed by atoms with Crippen LogP contribution in [0, 0.1) is 0 Å². The Hall–Kier alpha value is -0.570. The van der Waals surface area contributed by atoms with Gasteiger partial charge in [-0.1, -0.05) is 77.6 Å². The minimum atomic E-state index is 0.000117. The fraction of sp³-hybridized carbons (Fsp3) is 0.957. The number of rotatable bonds is 11. The Kier molecular flexibility index (Phi) is 9.45. The van der Waals surface area contributed by atoms with E-state index >= 15 is 0 Å². The summed E-state index contributed by atoms with van der Waals surface area (Å²) in [7, 11) is 0. The van der Waals surface area contributed by atoms with Crippen LogP contribution in [0.25, 0.3) is 0 Å². The van der Waals surface area contributed by atoms with Gasteiger partial charge in [-0.25, -0.2) is 0 Å². The van der Waals surface area contributed by atoms with Gasteiger partial charge in [-0.05, 0) is 39.7 Å². The summed E-state index contributed by atoms with van der Waals surface area (Å²) in [5, 5.41) is 3.33. The van der Waals surface area contributed by atoms with E-state index in [0.717, 1.165) is 0 Å². The standard InChI is InChI=1S/C23H44N2O/c1-4-5-6-7-8-9-10-11-12-15-18-25-21-17-14-13-16-20(21)24-22(26)19-23(25,2)3/h20-21H,4-19H2,1-3H3,(H,24,26)/t20-,21+/m0/s1. The zero-order valence-corrected chi connectivity index (χ0v) is 17.8. The summed E-state index contributed by atoms with van der Waals surface area (Å²) in [6, 6.07) is 0.949. The highest BCUT2D eigenvalue weighted by Crippen LogP contribution is 2.33. The van der Waals surface area contributed by atoms with Crippen molar-refractivity contribution < 1.29 is 4.79 Å². The maximum atomic E-state index is 12.3. The third-order valence-electron chi connectivity index (χ3n) is 6.60. The van der Waals surface area contributed by atoms with Gasteiger partial charge in [0.05, 0.1) is 0 Å². The number of carbonyl (C=O) groups excluding carboxylic acids is 1. The molecular formula is C23H44N2O. The van der Waals surface area contributed by atoms with Gasteiger partial charge in [-0.3, -0.25) is 9.69 Å². The lowest BCUT2D eigenvalue weighted by Gasteiger charge is -2.45. The van der Waals surface area contributed by atoms with Crippen molar-refractivity contribution >= 4 is 5.91 Å². The van der Waals surface area contributed by atoms with Crippen molar-refractivity contribution in [3.8, 4) is 0 Å². The van der Waals surface area contributed by atoms with Crippen LogP contribution in [0.2, 0.25) is 0 Å². The minimum absolute atomic E-state index is 0.000117. The summed E-state index contributed by atoms with van der Waals surface area (Å²) in [6.07, 6.45) is 19.5. The number of nitrogens with one attached hydrogen (secondary N) is 1. The molecule has 0 aromatic heterocycles. The van der Waals surface area contributed by atoms with E-state index < -0.39 is 0 Å². The van der Waals surface area contributed by atoms with Crippen molar-refractivity contribution in [1.82, 2.24) is 10.2 Å². The number of nitrogens with zero attached hydrogens (tertiary/aromatic N) is 1. The first-order valence-electron chi connectivity index (χ1n) is 11.6. The molecule has 2 fully saturated rings. The number of fused-ring (bicyclic) bond motifs is 1. The molecule has 152 valence electrons. The molecule has 26 heavy (non-hydrogen) atoms. The maximum absolute atomic E-state index is 12.3. The van der Waals surface area contributed by atoms with Crippen LogP contribution >= 0.6 is 0 Å². The van der Waals surface area contributed by atoms with Gasteiger partial charge >= 0.3 is 0 Å². The Morgan fingerprint density at radius 3 is 2.15 bits per heavy atom. The normalized spacial score (nSPS) is 26.2. The smallest absolute Gasteiger partial charge is 0.222 e. The fourth-order valence-corrected chi connectivity index (χ4v) is 5.09. The molecule has 3 heteroatoms. The largest absolute Gasteiger partial charge is 0.352 e. The van der Waals surface area contributed by atoms with Crippen molar-refractivity contribution in [3.63, 3.8) is 0 Å². The van der Waals surface area contributed by atoms with Crippen LogP contribution in [0.4, 0.5) is 0 Å². The molecular weight excluding hydrogens is 320 g/mol. The molecule has 1 heterocycles. The van der Waals surface area contributed by atoms with E-state index in [4.69, 9.17) is 0 Å². The third-order valence-corrected chi connectivity index (χ3v) is 6.60. The van der Waals surface area contributed by atoms with Crippen molar-refractivity contribution in [2.45, 2.75) is 135 Å². The molecule has 3 nitrogen and oxygen atoms in total. The molecule has 0 radical (unpaired) electrons. The topological polar surface area (TPSA) is 32.3 Å². The highest BCUT2D eigenvalue weighted by Gasteiger charge is 2.42. The van der Waals surface area contributed by atoms with Crippen molar-refractivity contribution in [3.05, 3.63) is 0 Å². The molecule has 2 rings (SSSR count). The summed E-state index contributed by atoms with van der Waals surface area (Å²) < 4.78 is 0. The maximum Gasteiger partial charge on any atom is 0.222 e. The lowest BCUT2D eigenvalue weighted by Crippen LogP contribution is -2.55. The van der Waals surface area contributed by atoms with Crippen molar-refractivity contribution in [2.75, 3.05) is 6.54 Å². The average Bonchev–Trinajstić information content (AvgIpc) is 2.69. The quantitative estimate of drug-likeness (QED) is 0.469. The van der Waals surface area contributed by atoms with Gasteiger partial charge in [0, 0.05) is 24.0 Å². The highest BCUT2D eigenvalue weighted by molar-refractivity contribution is 5.78. The zero-order valence-electron chi connectivity index (χ0n) is 17.8. The van der Waals surface area contributed by atoms with E-state index in [1.807, 2.05) is 0 Å². The van der Waals surface area contributed by atoms with Crippen LogP contribution in [-0.4, -0.2) is 35.0 Å². The van der Waals surface area contributed by atoms with Crippen molar-refractivity contribution in [1.29, 1.82) is 0 Å². The third kappa shape index (κ3) is 6.87. The van der Waals surface area contributed by atoms with Gasteiger partial charge < -0.3 is 5.32 Å². The van der Waals surface area contributed by atoms with Gasteiger partial charge in [-0.15, -0.1) is 0 Å². The lowest BCUT2D eigenvalue weighted by atomic mass is 9.86. The SMILES string of the molecule is CCCCCCCCCCCCN1[C@@H]2CCCC[C@@H]2NC(=O)CC1(C)C. The van der Waals surface area contributed by atoms with Crippen LogP contribution in [0.5, 0.6) is 0 Å². The predicted octanol–water partition coefficient (Wildman–Crippen LogP) is 5.82.